The van der Waals surface area contributed by atoms with Crippen molar-refractivity contribution in [1.82, 2.24) is 4.98 Å². The van der Waals surface area contributed by atoms with E-state index in [4.69, 9.17) is 9.47 Å². The molecule has 0 bridgehead atoms. The minimum Gasteiger partial charge on any atom is -0.489 e. The Morgan fingerprint density at radius 1 is 1.34 bits per heavy atom. The number of rotatable bonds is 6. The molecule has 150 valence electrons. The number of hydrogen-bond acceptors (Lipinski definition) is 5. The topological polar surface area (TPSA) is 60.5 Å². The maximum absolute atomic E-state index is 14.0. The van der Waals surface area contributed by atoms with Gasteiger partial charge in [-0.25, -0.2) is 9.37 Å². The number of halogens is 1. The zero-order chi connectivity index (χ0) is 20.2. The van der Waals surface area contributed by atoms with Crippen molar-refractivity contribution in [3.8, 4) is 16.3 Å². The fourth-order valence-corrected chi connectivity index (χ4v) is 3.96. The van der Waals surface area contributed by atoms with Crippen LogP contribution in [0.15, 0.2) is 47.8 Å². The molecule has 7 heteroatoms. The van der Waals surface area contributed by atoms with Gasteiger partial charge in [-0.3, -0.25) is 4.79 Å². The minimum absolute atomic E-state index is 0.0842. The Balaban J connectivity index is 1.49. The Kier molecular flexibility index (Phi) is 5.87. The van der Waals surface area contributed by atoms with Gasteiger partial charge in [-0.15, -0.1) is 11.3 Å². The number of amides is 1. The quantitative estimate of drug-likeness (QED) is 0.614. The first-order valence-electron chi connectivity index (χ1n) is 9.47. The first-order chi connectivity index (χ1) is 14.1. The van der Waals surface area contributed by atoms with E-state index >= 15 is 0 Å². The summed E-state index contributed by atoms with van der Waals surface area (Å²) in [6.07, 6.45) is 2.10. The van der Waals surface area contributed by atoms with Crippen LogP contribution >= 0.6 is 11.3 Å². The second-order valence-electron chi connectivity index (χ2n) is 6.92. The lowest BCUT2D eigenvalue weighted by molar-refractivity contribution is 0.0681. The molecular weight excluding hydrogens is 391 g/mol. The molecule has 2 aromatic carbocycles. The van der Waals surface area contributed by atoms with Gasteiger partial charge in [0, 0.05) is 17.6 Å². The summed E-state index contributed by atoms with van der Waals surface area (Å²) in [4.78, 5) is 17.0. The molecule has 1 atom stereocenters. The highest BCUT2D eigenvalue weighted by molar-refractivity contribution is 7.13. The summed E-state index contributed by atoms with van der Waals surface area (Å²) in [6, 6.07) is 12.0. The number of anilines is 1. The number of carbonyl (C=O) groups is 1. The van der Waals surface area contributed by atoms with E-state index in [0.29, 0.717) is 28.6 Å². The Bertz CT molecular complexity index is 1010. The van der Waals surface area contributed by atoms with E-state index in [9.17, 15) is 9.18 Å². The van der Waals surface area contributed by atoms with Gasteiger partial charge in [0.05, 0.1) is 11.8 Å². The molecule has 2 heterocycles. The molecule has 3 aromatic rings. The number of benzene rings is 2. The largest absolute Gasteiger partial charge is 0.489 e. The number of carbonyl (C=O) groups excluding carboxylic acids is 1. The lowest BCUT2D eigenvalue weighted by Crippen LogP contribution is -2.18. The molecule has 0 saturated carbocycles. The standard InChI is InChI=1S/C22H21FN2O3S/c1-14-8-9-18(20(11-14)28-12-15-5-4-10-27-15)24-21(26)19-13-29-22(25-19)16-6-2-3-7-17(16)23/h2-3,6-9,11,13,15H,4-5,10,12H2,1H3,(H,24,26). The molecule has 1 fully saturated rings. The van der Waals surface area contributed by atoms with E-state index in [1.807, 2.05) is 25.1 Å². The number of hydrogen-bond donors (Lipinski definition) is 1. The van der Waals surface area contributed by atoms with Crippen LogP contribution in [0.25, 0.3) is 10.6 Å². The van der Waals surface area contributed by atoms with Crippen molar-refractivity contribution in [3.63, 3.8) is 0 Å². The van der Waals surface area contributed by atoms with Crippen molar-refractivity contribution in [2.45, 2.75) is 25.9 Å². The van der Waals surface area contributed by atoms with Crippen molar-refractivity contribution < 1.29 is 18.7 Å². The number of nitrogens with one attached hydrogen (secondary N) is 1. The zero-order valence-electron chi connectivity index (χ0n) is 16.0. The molecule has 1 unspecified atom stereocenters. The molecule has 5 nitrogen and oxygen atoms in total. The van der Waals surface area contributed by atoms with Gasteiger partial charge in [0.1, 0.15) is 28.9 Å². The Labute approximate surface area is 172 Å². The van der Waals surface area contributed by atoms with E-state index < -0.39 is 0 Å². The average Bonchev–Trinajstić information content (AvgIpc) is 3.40. The summed E-state index contributed by atoms with van der Waals surface area (Å²) in [7, 11) is 0. The Morgan fingerprint density at radius 2 is 2.21 bits per heavy atom. The second-order valence-corrected chi connectivity index (χ2v) is 7.78. The monoisotopic (exact) mass is 412 g/mol. The van der Waals surface area contributed by atoms with Gasteiger partial charge >= 0.3 is 0 Å². The van der Waals surface area contributed by atoms with Crippen molar-refractivity contribution >= 4 is 22.9 Å². The number of thiazole rings is 1. The van der Waals surface area contributed by atoms with Gasteiger partial charge in [0.15, 0.2) is 0 Å². The maximum Gasteiger partial charge on any atom is 0.275 e. The Hall–Kier alpha value is -2.77. The van der Waals surface area contributed by atoms with E-state index in [-0.39, 0.29) is 23.5 Å². The zero-order valence-corrected chi connectivity index (χ0v) is 16.8. The summed E-state index contributed by atoms with van der Waals surface area (Å²) in [5.74, 6) is -0.134. The van der Waals surface area contributed by atoms with Gasteiger partial charge in [-0.1, -0.05) is 18.2 Å². The van der Waals surface area contributed by atoms with Gasteiger partial charge < -0.3 is 14.8 Å². The van der Waals surface area contributed by atoms with Crippen molar-refractivity contribution in [2.75, 3.05) is 18.5 Å². The highest BCUT2D eigenvalue weighted by Gasteiger charge is 2.19. The van der Waals surface area contributed by atoms with Crippen LogP contribution in [-0.4, -0.2) is 30.2 Å². The number of aryl methyl sites for hydroxylation is 1. The molecule has 1 saturated heterocycles. The Morgan fingerprint density at radius 3 is 3.00 bits per heavy atom. The van der Waals surface area contributed by atoms with Crippen LogP contribution in [0.3, 0.4) is 0 Å². The summed E-state index contributed by atoms with van der Waals surface area (Å²) in [5.41, 5.74) is 2.21. The minimum atomic E-state index is -0.366. The molecule has 29 heavy (non-hydrogen) atoms. The van der Waals surface area contributed by atoms with Gasteiger partial charge in [-0.05, 0) is 49.6 Å². The molecule has 4 rings (SSSR count). The predicted molar refractivity (Wildman–Crippen MR) is 111 cm³/mol. The van der Waals surface area contributed by atoms with Crippen LogP contribution in [0, 0.1) is 12.7 Å². The highest BCUT2D eigenvalue weighted by Crippen LogP contribution is 2.29. The van der Waals surface area contributed by atoms with Crippen molar-refractivity contribution in [1.29, 1.82) is 0 Å². The number of nitrogens with zero attached hydrogens (tertiary/aromatic N) is 1. The van der Waals surface area contributed by atoms with Gasteiger partial charge in [0.25, 0.3) is 5.91 Å². The summed E-state index contributed by atoms with van der Waals surface area (Å²) < 4.78 is 25.5. The SMILES string of the molecule is Cc1ccc(NC(=O)c2csc(-c3ccccc3F)n2)c(OCC2CCCO2)c1. The number of aromatic nitrogens is 1. The third kappa shape index (κ3) is 4.63. The summed E-state index contributed by atoms with van der Waals surface area (Å²) >= 11 is 1.23. The number of ether oxygens (including phenoxy) is 2. The first kappa shape index (κ1) is 19.5. The molecule has 1 aliphatic rings. The lowest BCUT2D eigenvalue weighted by atomic mass is 10.2. The molecule has 1 N–H and O–H groups in total. The molecule has 0 radical (unpaired) electrons. The van der Waals surface area contributed by atoms with Crippen LogP contribution in [0.5, 0.6) is 5.75 Å². The fourth-order valence-electron chi connectivity index (χ4n) is 3.13. The molecule has 0 spiro atoms. The van der Waals surface area contributed by atoms with E-state index in [0.717, 1.165) is 25.0 Å². The average molecular weight is 412 g/mol. The molecule has 1 amide bonds. The van der Waals surface area contributed by atoms with E-state index in [1.165, 1.54) is 17.4 Å². The first-order valence-corrected chi connectivity index (χ1v) is 10.3. The third-order valence-electron chi connectivity index (χ3n) is 4.68. The predicted octanol–water partition coefficient (Wildman–Crippen LogP) is 5.07. The molecule has 0 aliphatic carbocycles. The van der Waals surface area contributed by atoms with Crippen LogP contribution in [0.2, 0.25) is 0 Å². The summed E-state index contributed by atoms with van der Waals surface area (Å²) in [5, 5.41) is 4.94. The molecular formula is C22H21FN2O3S. The normalized spacial score (nSPS) is 16.0. The molecule has 1 aromatic heterocycles. The lowest BCUT2D eigenvalue weighted by Gasteiger charge is -2.15. The van der Waals surface area contributed by atoms with E-state index in [2.05, 4.69) is 10.3 Å². The van der Waals surface area contributed by atoms with Crippen LogP contribution < -0.4 is 10.1 Å². The summed E-state index contributed by atoms with van der Waals surface area (Å²) in [6.45, 7) is 3.17. The molecule has 1 aliphatic heterocycles. The fraction of sp³-hybridized carbons (Fsp3) is 0.273. The van der Waals surface area contributed by atoms with Crippen LogP contribution in [0.1, 0.15) is 28.9 Å². The smallest absolute Gasteiger partial charge is 0.275 e. The van der Waals surface area contributed by atoms with Gasteiger partial charge in [-0.2, -0.15) is 0 Å². The maximum atomic E-state index is 14.0. The highest BCUT2D eigenvalue weighted by atomic mass is 32.1. The van der Waals surface area contributed by atoms with Crippen LogP contribution in [0.4, 0.5) is 10.1 Å². The third-order valence-corrected chi connectivity index (χ3v) is 5.55. The second kappa shape index (κ2) is 8.71. The van der Waals surface area contributed by atoms with Crippen molar-refractivity contribution in [3.05, 3.63) is 64.9 Å². The van der Waals surface area contributed by atoms with Gasteiger partial charge in [0.2, 0.25) is 0 Å². The van der Waals surface area contributed by atoms with E-state index in [1.54, 1.807) is 23.6 Å². The van der Waals surface area contributed by atoms with Crippen molar-refractivity contribution in [2.24, 2.45) is 0 Å². The van der Waals surface area contributed by atoms with Crippen LogP contribution in [-0.2, 0) is 4.74 Å².